The molecular weight excluding hydrogens is 605 g/mol. The van der Waals surface area contributed by atoms with Crippen LogP contribution in [-0.2, 0) is 32.7 Å². The average molecular weight is 676 g/mol. The minimum atomic E-state index is -4.36. The molecule has 0 aromatic heterocycles. The molecule has 0 aromatic rings. The van der Waals surface area contributed by atoms with Gasteiger partial charge in [-0.3, -0.25) is 18.6 Å². The van der Waals surface area contributed by atoms with E-state index in [0.29, 0.717) is 6.42 Å². The number of hydrogen-bond acceptors (Lipinski definition) is 8. The molecule has 2 unspecified atom stereocenters. The van der Waals surface area contributed by atoms with E-state index in [0.717, 1.165) is 44.9 Å². The summed E-state index contributed by atoms with van der Waals surface area (Å²) >= 11 is 0. The van der Waals surface area contributed by atoms with Gasteiger partial charge in [0.2, 0.25) is 0 Å². The summed E-state index contributed by atoms with van der Waals surface area (Å²) in [5.74, 6) is -0.837. The van der Waals surface area contributed by atoms with Crippen LogP contribution in [0.4, 0.5) is 0 Å². The first-order chi connectivity index (χ1) is 22.3. The summed E-state index contributed by atoms with van der Waals surface area (Å²) in [7, 11) is -4.36. The van der Waals surface area contributed by atoms with Gasteiger partial charge in [-0.15, -0.1) is 0 Å². The molecular formula is C36H70NO8P. The van der Waals surface area contributed by atoms with Gasteiger partial charge in [0, 0.05) is 19.4 Å². The topological polar surface area (TPSA) is 134 Å². The molecule has 3 N–H and O–H groups in total. The molecule has 9 nitrogen and oxygen atoms in total. The standard InChI is InChI=1S/C36H70NO8P/c1-3-5-7-9-11-12-13-14-15-16-17-18-19-20-21-23-25-27-29-36(39)45-34(33-44-46(40,41)43-31-30-37)32-42-35(38)28-26-24-22-10-8-6-4-2/h15-16,34H,3-14,17-33,37H2,1-2H3,(H,40,41)/b16-15-. The van der Waals surface area contributed by atoms with Gasteiger partial charge in [0.15, 0.2) is 6.10 Å². The smallest absolute Gasteiger partial charge is 0.462 e. The maximum atomic E-state index is 12.5. The third kappa shape index (κ3) is 32.7. The molecule has 10 heteroatoms. The fraction of sp³-hybridized carbons (Fsp3) is 0.889. The number of allylic oxidation sites excluding steroid dienone is 2. The van der Waals surface area contributed by atoms with Gasteiger partial charge in [0.25, 0.3) is 0 Å². The fourth-order valence-corrected chi connectivity index (χ4v) is 5.86. The van der Waals surface area contributed by atoms with Crippen LogP contribution < -0.4 is 5.73 Å². The van der Waals surface area contributed by atoms with E-state index in [-0.39, 0.29) is 38.6 Å². The van der Waals surface area contributed by atoms with Gasteiger partial charge in [-0.1, -0.05) is 135 Å². The minimum Gasteiger partial charge on any atom is -0.462 e. The van der Waals surface area contributed by atoms with Crippen molar-refractivity contribution in [3.63, 3.8) is 0 Å². The molecule has 0 fully saturated rings. The lowest BCUT2D eigenvalue weighted by atomic mass is 10.1. The van der Waals surface area contributed by atoms with Crippen LogP contribution in [0.15, 0.2) is 12.2 Å². The van der Waals surface area contributed by atoms with Gasteiger partial charge in [-0.05, 0) is 38.5 Å². The van der Waals surface area contributed by atoms with Crippen LogP contribution in [0, 0.1) is 0 Å². The lowest BCUT2D eigenvalue weighted by Crippen LogP contribution is -2.29. The van der Waals surface area contributed by atoms with Gasteiger partial charge in [-0.25, -0.2) is 4.57 Å². The summed E-state index contributed by atoms with van der Waals surface area (Å²) in [6, 6.07) is 0. The number of nitrogens with two attached hydrogens (primary N) is 1. The molecule has 0 saturated heterocycles. The normalized spacial score (nSPS) is 13.6. The zero-order chi connectivity index (χ0) is 34.0. The van der Waals surface area contributed by atoms with Crippen molar-refractivity contribution in [1.82, 2.24) is 0 Å². The highest BCUT2D eigenvalue weighted by Gasteiger charge is 2.25. The zero-order valence-electron chi connectivity index (χ0n) is 29.6. The molecule has 0 bridgehead atoms. The van der Waals surface area contributed by atoms with E-state index < -0.39 is 26.5 Å². The van der Waals surface area contributed by atoms with Crippen LogP contribution in [0.2, 0.25) is 0 Å². The van der Waals surface area contributed by atoms with Gasteiger partial charge in [-0.2, -0.15) is 0 Å². The Labute approximate surface area is 281 Å². The van der Waals surface area contributed by atoms with Crippen LogP contribution >= 0.6 is 7.82 Å². The molecule has 0 heterocycles. The predicted molar refractivity (Wildman–Crippen MR) is 188 cm³/mol. The molecule has 46 heavy (non-hydrogen) atoms. The Kier molecular flexibility index (Phi) is 32.7. The Balaban J connectivity index is 4.13. The van der Waals surface area contributed by atoms with E-state index in [1.165, 1.54) is 96.3 Å². The number of unbranched alkanes of at least 4 members (excludes halogenated alkanes) is 20. The molecule has 0 saturated carbocycles. The number of esters is 2. The van der Waals surface area contributed by atoms with Crippen molar-refractivity contribution < 1.29 is 37.6 Å². The summed E-state index contributed by atoms with van der Waals surface area (Å²) in [5, 5.41) is 0. The highest BCUT2D eigenvalue weighted by atomic mass is 31.2. The molecule has 2 atom stereocenters. The first-order valence-corrected chi connectivity index (χ1v) is 20.2. The molecule has 0 aliphatic heterocycles. The lowest BCUT2D eigenvalue weighted by Gasteiger charge is -2.19. The summed E-state index contributed by atoms with van der Waals surface area (Å²) in [6.07, 6.45) is 31.2. The zero-order valence-corrected chi connectivity index (χ0v) is 30.5. The first kappa shape index (κ1) is 44.8. The molecule has 0 radical (unpaired) electrons. The number of phosphoric ester groups is 1. The number of phosphoric acid groups is 1. The molecule has 0 rings (SSSR count). The summed E-state index contributed by atoms with van der Waals surface area (Å²) in [4.78, 5) is 34.5. The van der Waals surface area contributed by atoms with Crippen molar-refractivity contribution in [3.05, 3.63) is 12.2 Å². The lowest BCUT2D eigenvalue weighted by molar-refractivity contribution is -0.161. The van der Waals surface area contributed by atoms with Gasteiger partial charge in [0.05, 0.1) is 13.2 Å². The van der Waals surface area contributed by atoms with E-state index in [2.05, 4.69) is 26.0 Å². The number of ether oxygens (including phenoxy) is 2. The van der Waals surface area contributed by atoms with Crippen molar-refractivity contribution in [2.45, 2.75) is 180 Å². The van der Waals surface area contributed by atoms with Gasteiger partial charge in [0.1, 0.15) is 6.61 Å². The van der Waals surface area contributed by atoms with Crippen molar-refractivity contribution >= 4 is 19.8 Å². The predicted octanol–water partition coefficient (Wildman–Crippen LogP) is 9.88. The fourth-order valence-electron chi connectivity index (χ4n) is 5.10. The molecule has 0 aliphatic carbocycles. The Morgan fingerprint density at radius 2 is 1.07 bits per heavy atom. The van der Waals surface area contributed by atoms with Crippen LogP contribution in [-0.4, -0.2) is 49.3 Å². The largest absolute Gasteiger partial charge is 0.472 e. The second-order valence-corrected chi connectivity index (χ2v) is 13.9. The van der Waals surface area contributed by atoms with Crippen LogP contribution in [0.3, 0.4) is 0 Å². The Morgan fingerprint density at radius 3 is 1.54 bits per heavy atom. The second-order valence-electron chi connectivity index (χ2n) is 12.4. The third-order valence-electron chi connectivity index (χ3n) is 7.90. The monoisotopic (exact) mass is 675 g/mol. The SMILES string of the molecule is CCCCCCCCC/C=C\CCCCCCCCCC(=O)OC(COC(=O)CCCCCCCCC)COP(=O)(O)OCCN. The average Bonchev–Trinajstić information content (AvgIpc) is 3.04. The van der Waals surface area contributed by atoms with Crippen molar-refractivity contribution in [1.29, 1.82) is 0 Å². The third-order valence-corrected chi connectivity index (χ3v) is 8.89. The van der Waals surface area contributed by atoms with E-state index in [1.54, 1.807) is 0 Å². The summed E-state index contributed by atoms with van der Waals surface area (Å²) in [6.45, 7) is 3.67. The van der Waals surface area contributed by atoms with Crippen molar-refractivity contribution in [2.75, 3.05) is 26.4 Å². The Hall–Kier alpha value is -1.25. The molecule has 272 valence electrons. The highest BCUT2D eigenvalue weighted by molar-refractivity contribution is 7.47. The van der Waals surface area contributed by atoms with E-state index in [4.69, 9.17) is 24.3 Å². The quantitative estimate of drug-likeness (QED) is 0.0291. The van der Waals surface area contributed by atoms with Crippen molar-refractivity contribution in [2.24, 2.45) is 5.73 Å². The summed E-state index contributed by atoms with van der Waals surface area (Å²) in [5.41, 5.74) is 5.32. The van der Waals surface area contributed by atoms with E-state index >= 15 is 0 Å². The maximum absolute atomic E-state index is 12.5. The number of rotatable bonds is 35. The molecule has 0 amide bonds. The van der Waals surface area contributed by atoms with Crippen LogP contribution in [0.1, 0.15) is 174 Å². The van der Waals surface area contributed by atoms with E-state index in [9.17, 15) is 19.0 Å². The van der Waals surface area contributed by atoms with E-state index in [1.807, 2.05) is 0 Å². The van der Waals surface area contributed by atoms with Crippen LogP contribution in [0.25, 0.3) is 0 Å². The second kappa shape index (κ2) is 33.6. The Morgan fingerprint density at radius 1 is 0.630 bits per heavy atom. The Bertz CT molecular complexity index is 779. The van der Waals surface area contributed by atoms with Gasteiger partial charge >= 0.3 is 19.8 Å². The number of carbonyl (C=O) groups excluding carboxylic acids is 2. The van der Waals surface area contributed by atoms with Crippen molar-refractivity contribution in [3.8, 4) is 0 Å². The number of hydrogen-bond donors (Lipinski definition) is 2. The van der Waals surface area contributed by atoms with Gasteiger partial charge < -0.3 is 20.1 Å². The molecule has 0 aliphatic rings. The van der Waals surface area contributed by atoms with Crippen LogP contribution in [0.5, 0.6) is 0 Å². The number of carbonyl (C=O) groups is 2. The minimum absolute atomic E-state index is 0.0548. The highest BCUT2D eigenvalue weighted by Crippen LogP contribution is 2.43. The molecule has 0 aromatic carbocycles. The first-order valence-electron chi connectivity index (χ1n) is 18.7. The maximum Gasteiger partial charge on any atom is 0.472 e. The summed E-state index contributed by atoms with van der Waals surface area (Å²) < 4.78 is 32.5. The molecule has 0 spiro atoms.